The zero-order valence-electron chi connectivity index (χ0n) is 24.9. The molecule has 0 aliphatic carbocycles. The summed E-state index contributed by atoms with van der Waals surface area (Å²) in [6.07, 6.45) is 0.143. The summed E-state index contributed by atoms with van der Waals surface area (Å²) in [7, 11) is -3.59. The number of rotatable bonds is 9. The van der Waals surface area contributed by atoms with Crippen molar-refractivity contribution in [2.45, 2.75) is 82.6 Å². The first-order valence-electron chi connectivity index (χ1n) is 14.0. The molecule has 4 rings (SSSR count). The molecular formula is C35H42O4S. The van der Waals surface area contributed by atoms with Crippen LogP contribution < -0.4 is 9.47 Å². The summed E-state index contributed by atoms with van der Waals surface area (Å²) in [6, 6.07) is 29.9. The van der Waals surface area contributed by atoms with Crippen LogP contribution in [0.5, 0.6) is 17.2 Å². The van der Waals surface area contributed by atoms with Gasteiger partial charge in [0.05, 0.1) is 15.9 Å². The first kappa shape index (κ1) is 31.0. The van der Waals surface area contributed by atoms with Gasteiger partial charge in [-0.3, -0.25) is 0 Å². The molecule has 4 aromatic carbocycles. The van der Waals surface area contributed by atoms with Crippen LogP contribution in [-0.2, 0) is 15.3 Å². The molecule has 0 saturated heterocycles. The van der Waals surface area contributed by atoms with Crippen LogP contribution >= 0.6 is 0 Å². The zero-order valence-corrected chi connectivity index (χ0v) is 25.8. The van der Waals surface area contributed by atoms with Gasteiger partial charge < -0.3 is 9.47 Å². The van der Waals surface area contributed by atoms with Crippen molar-refractivity contribution < 1.29 is 17.9 Å². The lowest BCUT2D eigenvalue weighted by Crippen LogP contribution is -2.18. The Labute approximate surface area is 240 Å². The van der Waals surface area contributed by atoms with Gasteiger partial charge in [0.2, 0.25) is 9.84 Å². The SMILES string of the molecule is CC.CC(C)Oc1ccc(C(C)(C)c2ccc(Oc3ccc(S(=O)(=O)c4ccc(C(C)C)cc4)cc3)cc2)cc1. The third-order valence-corrected chi connectivity index (χ3v) is 8.54. The van der Waals surface area contributed by atoms with Crippen LogP contribution in [0.3, 0.4) is 0 Å². The second kappa shape index (κ2) is 13.2. The quantitative estimate of drug-likeness (QED) is 0.205. The molecule has 0 bridgehead atoms. The van der Waals surface area contributed by atoms with E-state index in [0.29, 0.717) is 17.4 Å². The van der Waals surface area contributed by atoms with Gasteiger partial charge in [0.1, 0.15) is 17.2 Å². The third-order valence-electron chi connectivity index (χ3n) is 6.75. The lowest BCUT2D eigenvalue weighted by atomic mass is 9.78. The highest BCUT2D eigenvalue weighted by Gasteiger charge is 2.23. The second-order valence-corrected chi connectivity index (χ2v) is 12.6. The standard InChI is InChI=1S/C33H36O4S.C2H6/c1-23(2)25-7-19-31(20-8-25)38(34,35)32-21-17-30(18-22-32)37-29-15-11-27(12-16-29)33(5,6)26-9-13-28(14-10-26)36-24(3)4;1-2/h7-24H,1-6H3;1-2H3. The molecule has 0 amide bonds. The lowest BCUT2D eigenvalue weighted by molar-refractivity contribution is 0.242. The van der Waals surface area contributed by atoms with Crippen LogP contribution in [0.15, 0.2) is 107 Å². The summed E-state index contributed by atoms with van der Waals surface area (Å²) in [5.41, 5.74) is 3.26. The van der Waals surface area contributed by atoms with E-state index in [1.165, 1.54) is 5.56 Å². The molecule has 0 unspecified atom stereocenters. The van der Waals surface area contributed by atoms with E-state index >= 15 is 0 Å². The normalized spacial score (nSPS) is 11.7. The molecule has 0 aromatic heterocycles. The minimum Gasteiger partial charge on any atom is -0.491 e. The molecule has 4 nitrogen and oxygen atoms in total. The van der Waals surface area contributed by atoms with Gasteiger partial charge in [-0.25, -0.2) is 8.42 Å². The van der Waals surface area contributed by atoms with Crippen molar-refractivity contribution in [2.24, 2.45) is 0 Å². The molecule has 4 aromatic rings. The van der Waals surface area contributed by atoms with Gasteiger partial charge in [-0.05, 0) is 97.1 Å². The Morgan fingerprint density at radius 1 is 0.575 bits per heavy atom. The molecule has 0 aliphatic heterocycles. The Bertz CT molecular complexity index is 1450. The van der Waals surface area contributed by atoms with E-state index in [0.717, 1.165) is 16.9 Å². The highest BCUT2D eigenvalue weighted by atomic mass is 32.2. The van der Waals surface area contributed by atoms with Crippen LogP contribution in [0.2, 0.25) is 0 Å². The lowest BCUT2D eigenvalue weighted by Gasteiger charge is -2.26. The fraction of sp³-hybridized carbons (Fsp3) is 0.314. The van der Waals surface area contributed by atoms with E-state index in [-0.39, 0.29) is 21.3 Å². The van der Waals surface area contributed by atoms with Crippen LogP contribution in [0.25, 0.3) is 0 Å². The Hall–Kier alpha value is -3.57. The molecule has 0 saturated carbocycles. The predicted molar refractivity (Wildman–Crippen MR) is 165 cm³/mol. The van der Waals surface area contributed by atoms with E-state index in [1.54, 1.807) is 36.4 Å². The Morgan fingerprint density at radius 3 is 1.35 bits per heavy atom. The van der Waals surface area contributed by atoms with Gasteiger partial charge >= 0.3 is 0 Å². The molecule has 0 radical (unpaired) electrons. The van der Waals surface area contributed by atoms with E-state index in [2.05, 4.69) is 52.0 Å². The van der Waals surface area contributed by atoms with Crippen LogP contribution in [0.1, 0.15) is 78.0 Å². The minimum absolute atomic E-state index is 0.143. The number of sulfone groups is 1. The summed E-state index contributed by atoms with van der Waals surface area (Å²) >= 11 is 0. The van der Waals surface area contributed by atoms with E-state index < -0.39 is 9.84 Å². The van der Waals surface area contributed by atoms with Crippen LogP contribution in [-0.4, -0.2) is 14.5 Å². The molecule has 5 heteroatoms. The fourth-order valence-corrected chi connectivity index (χ4v) is 5.58. The van der Waals surface area contributed by atoms with Crippen molar-refractivity contribution in [1.82, 2.24) is 0 Å². The van der Waals surface area contributed by atoms with E-state index in [1.807, 2.05) is 64.1 Å². The molecular weight excluding hydrogens is 516 g/mol. The highest BCUT2D eigenvalue weighted by Crippen LogP contribution is 2.34. The van der Waals surface area contributed by atoms with Crippen molar-refractivity contribution in [3.05, 3.63) is 114 Å². The van der Waals surface area contributed by atoms with Gasteiger partial charge in [0, 0.05) is 5.41 Å². The largest absolute Gasteiger partial charge is 0.491 e. The van der Waals surface area contributed by atoms with Crippen molar-refractivity contribution >= 4 is 9.84 Å². The molecule has 0 N–H and O–H groups in total. The molecule has 0 heterocycles. The second-order valence-electron chi connectivity index (χ2n) is 10.6. The highest BCUT2D eigenvalue weighted by molar-refractivity contribution is 7.91. The fourth-order valence-electron chi connectivity index (χ4n) is 4.32. The first-order valence-corrected chi connectivity index (χ1v) is 15.5. The Balaban J connectivity index is 0.00000216. The summed E-state index contributed by atoms with van der Waals surface area (Å²) in [6.45, 7) is 16.6. The molecule has 0 aliphatic rings. The average molecular weight is 559 g/mol. The molecule has 40 heavy (non-hydrogen) atoms. The zero-order chi connectivity index (χ0) is 29.5. The van der Waals surface area contributed by atoms with E-state index in [4.69, 9.17) is 9.47 Å². The molecule has 0 spiro atoms. The summed E-state index contributed by atoms with van der Waals surface area (Å²) in [5, 5.41) is 0. The number of hydrogen-bond acceptors (Lipinski definition) is 4. The maximum absolute atomic E-state index is 13.1. The summed E-state index contributed by atoms with van der Waals surface area (Å²) in [5.74, 6) is 2.47. The number of hydrogen-bond donors (Lipinski definition) is 0. The van der Waals surface area contributed by atoms with Crippen molar-refractivity contribution in [2.75, 3.05) is 0 Å². The average Bonchev–Trinajstić information content (AvgIpc) is 2.95. The Morgan fingerprint density at radius 2 is 0.950 bits per heavy atom. The summed E-state index contributed by atoms with van der Waals surface area (Å²) < 4.78 is 37.9. The summed E-state index contributed by atoms with van der Waals surface area (Å²) in [4.78, 5) is 0.528. The topological polar surface area (TPSA) is 52.6 Å². The molecule has 0 fully saturated rings. The van der Waals surface area contributed by atoms with Gasteiger partial charge in [0.15, 0.2) is 0 Å². The van der Waals surface area contributed by atoms with Crippen LogP contribution in [0, 0.1) is 0 Å². The smallest absolute Gasteiger partial charge is 0.206 e. The Kier molecular flexibility index (Phi) is 10.2. The van der Waals surface area contributed by atoms with Crippen molar-refractivity contribution in [3.63, 3.8) is 0 Å². The van der Waals surface area contributed by atoms with Gasteiger partial charge in [0.25, 0.3) is 0 Å². The maximum atomic E-state index is 13.1. The molecule has 212 valence electrons. The van der Waals surface area contributed by atoms with Crippen molar-refractivity contribution in [3.8, 4) is 17.2 Å². The van der Waals surface area contributed by atoms with E-state index in [9.17, 15) is 8.42 Å². The third kappa shape index (κ3) is 7.33. The first-order chi connectivity index (χ1) is 19.0. The number of benzene rings is 4. The maximum Gasteiger partial charge on any atom is 0.206 e. The van der Waals surface area contributed by atoms with Crippen LogP contribution in [0.4, 0.5) is 0 Å². The molecule has 0 atom stereocenters. The number of ether oxygens (including phenoxy) is 2. The van der Waals surface area contributed by atoms with Gasteiger partial charge in [-0.2, -0.15) is 0 Å². The minimum atomic E-state index is -3.59. The predicted octanol–water partition coefficient (Wildman–Crippen LogP) is 9.57. The van der Waals surface area contributed by atoms with Gasteiger partial charge in [-0.15, -0.1) is 0 Å². The van der Waals surface area contributed by atoms with Gasteiger partial charge in [-0.1, -0.05) is 77.9 Å². The van der Waals surface area contributed by atoms with Crippen molar-refractivity contribution in [1.29, 1.82) is 0 Å². The monoisotopic (exact) mass is 558 g/mol.